The quantitative estimate of drug-likeness (QED) is 0.338. The van der Waals surface area contributed by atoms with Gasteiger partial charge in [-0.2, -0.15) is 0 Å². The van der Waals surface area contributed by atoms with Gasteiger partial charge in [0.05, 0.1) is 25.9 Å². The van der Waals surface area contributed by atoms with Gasteiger partial charge in [0.25, 0.3) is 0 Å². The molecule has 0 unspecified atom stereocenters. The summed E-state index contributed by atoms with van der Waals surface area (Å²) >= 11 is 0. The highest BCUT2D eigenvalue weighted by Crippen LogP contribution is 2.19. The molecule has 1 aromatic rings. The van der Waals surface area contributed by atoms with E-state index in [0.29, 0.717) is 12.6 Å². The molecule has 0 aromatic heterocycles. The summed E-state index contributed by atoms with van der Waals surface area (Å²) in [6.07, 6.45) is 3.62. The zero-order chi connectivity index (χ0) is 18.2. The molecule has 3 N–H and O–H groups in total. The van der Waals surface area contributed by atoms with Crippen LogP contribution >= 0.6 is 24.0 Å². The van der Waals surface area contributed by atoms with Crippen LogP contribution in [0.3, 0.4) is 0 Å². The van der Waals surface area contributed by atoms with Gasteiger partial charge in [0.1, 0.15) is 0 Å². The molecule has 152 valence electrons. The van der Waals surface area contributed by atoms with Crippen molar-refractivity contribution in [2.75, 3.05) is 37.7 Å². The van der Waals surface area contributed by atoms with Gasteiger partial charge in [0.2, 0.25) is 0 Å². The summed E-state index contributed by atoms with van der Waals surface area (Å²) in [6, 6.07) is 9.08. The third kappa shape index (κ3) is 7.12. The maximum atomic E-state index is 9.65. The molecule has 3 rings (SSSR count). The minimum Gasteiger partial charge on any atom is -0.393 e. The minimum absolute atomic E-state index is 0. The summed E-state index contributed by atoms with van der Waals surface area (Å²) in [5, 5.41) is 16.5. The van der Waals surface area contributed by atoms with Gasteiger partial charge in [-0.1, -0.05) is 12.1 Å². The molecule has 2 aliphatic rings. The number of nitrogens with one attached hydrogen (secondary N) is 2. The predicted octanol–water partition coefficient (Wildman–Crippen LogP) is 2.50. The van der Waals surface area contributed by atoms with Crippen LogP contribution in [0, 0.1) is 0 Å². The Kier molecular flexibility index (Phi) is 9.64. The van der Waals surface area contributed by atoms with Crippen LogP contribution in [0.5, 0.6) is 0 Å². The molecule has 0 spiro atoms. The lowest BCUT2D eigenvalue weighted by molar-refractivity contribution is 0.120. The second kappa shape index (κ2) is 11.7. The lowest BCUT2D eigenvalue weighted by Crippen LogP contribution is -2.45. The first-order valence-corrected chi connectivity index (χ1v) is 9.89. The average molecular weight is 488 g/mol. The Morgan fingerprint density at radius 2 is 1.81 bits per heavy atom. The van der Waals surface area contributed by atoms with Crippen LogP contribution in [0.4, 0.5) is 5.69 Å². The van der Waals surface area contributed by atoms with Crippen LogP contribution in [-0.4, -0.2) is 56.1 Å². The summed E-state index contributed by atoms with van der Waals surface area (Å²) in [6.45, 7) is 7.12. The van der Waals surface area contributed by atoms with E-state index >= 15 is 0 Å². The molecule has 0 bridgehead atoms. The standard InChI is InChI=1S/C20H32N4O2.HI/c1-2-21-20(23-17-5-9-19(25)10-6-17)22-15-16-3-7-18(8-4-16)24-11-13-26-14-12-24;/h3-4,7-8,17,19,25H,2,5-6,9-15H2,1H3,(H2,21,22,23);1H. The van der Waals surface area contributed by atoms with Crippen molar-refractivity contribution in [3.8, 4) is 0 Å². The van der Waals surface area contributed by atoms with Crippen molar-refractivity contribution in [3.63, 3.8) is 0 Å². The van der Waals surface area contributed by atoms with E-state index < -0.39 is 0 Å². The smallest absolute Gasteiger partial charge is 0.191 e. The van der Waals surface area contributed by atoms with Crippen LogP contribution in [0.15, 0.2) is 29.3 Å². The molecule has 6 nitrogen and oxygen atoms in total. The highest BCUT2D eigenvalue weighted by Gasteiger charge is 2.20. The number of morpholine rings is 1. The largest absolute Gasteiger partial charge is 0.393 e. The molecule has 27 heavy (non-hydrogen) atoms. The maximum absolute atomic E-state index is 9.65. The number of hydrogen-bond acceptors (Lipinski definition) is 4. The van der Waals surface area contributed by atoms with Gasteiger partial charge in [-0.05, 0) is 50.3 Å². The van der Waals surface area contributed by atoms with Crippen molar-refractivity contribution in [3.05, 3.63) is 29.8 Å². The topological polar surface area (TPSA) is 69.1 Å². The SMILES string of the molecule is CCNC(=NCc1ccc(N2CCOCC2)cc1)NC1CCC(O)CC1.I. The molecule has 1 aliphatic carbocycles. The highest BCUT2D eigenvalue weighted by atomic mass is 127. The van der Waals surface area contributed by atoms with Crippen molar-refractivity contribution >= 4 is 35.6 Å². The summed E-state index contributed by atoms with van der Waals surface area (Å²) in [5.41, 5.74) is 2.46. The molecule has 1 aliphatic heterocycles. The van der Waals surface area contributed by atoms with Gasteiger partial charge in [0.15, 0.2) is 5.96 Å². The number of guanidine groups is 1. The zero-order valence-electron chi connectivity index (χ0n) is 16.2. The van der Waals surface area contributed by atoms with Gasteiger partial charge < -0.3 is 25.4 Å². The molecule has 0 amide bonds. The van der Waals surface area contributed by atoms with Gasteiger partial charge >= 0.3 is 0 Å². The lowest BCUT2D eigenvalue weighted by atomic mass is 9.93. The van der Waals surface area contributed by atoms with Crippen LogP contribution in [-0.2, 0) is 11.3 Å². The van der Waals surface area contributed by atoms with Crippen molar-refractivity contribution in [1.82, 2.24) is 10.6 Å². The lowest BCUT2D eigenvalue weighted by Gasteiger charge is -2.29. The Hall–Kier alpha value is -1.06. The van der Waals surface area contributed by atoms with E-state index in [1.54, 1.807) is 0 Å². The Bertz CT molecular complexity index is 568. The molecule has 1 aromatic carbocycles. The summed E-state index contributed by atoms with van der Waals surface area (Å²) < 4.78 is 5.41. The third-order valence-electron chi connectivity index (χ3n) is 5.11. The van der Waals surface area contributed by atoms with Gasteiger partial charge in [-0.3, -0.25) is 0 Å². The Morgan fingerprint density at radius 1 is 1.15 bits per heavy atom. The second-order valence-electron chi connectivity index (χ2n) is 7.11. The monoisotopic (exact) mass is 488 g/mol. The first kappa shape index (κ1) is 22.2. The molecule has 0 radical (unpaired) electrons. The summed E-state index contributed by atoms with van der Waals surface area (Å²) in [4.78, 5) is 7.10. The number of nitrogens with zero attached hydrogens (tertiary/aromatic N) is 2. The fourth-order valence-corrected chi connectivity index (χ4v) is 3.54. The number of benzene rings is 1. The van der Waals surface area contributed by atoms with E-state index in [4.69, 9.17) is 9.73 Å². The zero-order valence-corrected chi connectivity index (χ0v) is 18.5. The molecule has 1 heterocycles. The Morgan fingerprint density at radius 3 is 2.44 bits per heavy atom. The summed E-state index contributed by atoms with van der Waals surface area (Å²) in [5.74, 6) is 0.867. The van der Waals surface area contributed by atoms with Crippen molar-refractivity contribution < 1.29 is 9.84 Å². The van der Waals surface area contributed by atoms with E-state index in [1.165, 1.54) is 11.3 Å². The van der Waals surface area contributed by atoms with E-state index in [2.05, 4.69) is 46.7 Å². The molecule has 2 fully saturated rings. The van der Waals surface area contributed by atoms with E-state index in [0.717, 1.165) is 64.5 Å². The molecule has 0 atom stereocenters. The number of aliphatic hydroxyl groups is 1. The van der Waals surface area contributed by atoms with Crippen LogP contribution in [0.1, 0.15) is 38.2 Å². The van der Waals surface area contributed by atoms with E-state index in [-0.39, 0.29) is 30.1 Å². The first-order chi connectivity index (χ1) is 12.7. The van der Waals surface area contributed by atoms with Crippen molar-refractivity contribution in [2.45, 2.75) is 51.3 Å². The van der Waals surface area contributed by atoms with E-state index in [1.807, 2.05) is 0 Å². The highest BCUT2D eigenvalue weighted by molar-refractivity contribution is 14.0. The number of anilines is 1. The maximum Gasteiger partial charge on any atom is 0.191 e. The predicted molar refractivity (Wildman–Crippen MR) is 121 cm³/mol. The molecular weight excluding hydrogens is 455 g/mol. The number of rotatable bonds is 5. The van der Waals surface area contributed by atoms with Crippen molar-refractivity contribution in [2.24, 2.45) is 4.99 Å². The first-order valence-electron chi connectivity index (χ1n) is 9.89. The number of hydrogen-bond donors (Lipinski definition) is 3. The van der Waals surface area contributed by atoms with Crippen LogP contribution in [0.25, 0.3) is 0 Å². The van der Waals surface area contributed by atoms with Gasteiger partial charge in [-0.15, -0.1) is 24.0 Å². The second-order valence-corrected chi connectivity index (χ2v) is 7.11. The fourth-order valence-electron chi connectivity index (χ4n) is 3.54. The molecule has 1 saturated carbocycles. The van der Waals surface area contributed by atoms with Crippen LogP contribution in [0.2, 0.25) is 0 Å². The number of aliphatic hydroxyl groups excluding tert-OH is 1. The summed E-state index contributed by atoms with van der Waals surface area (Å²) in [7, 11) is 0. The number of ether oxygens (including phenoxy) is 1. The number of aliphatic imine (C=N–C) groups is 1. The molecular formula is C20H33IN4O2. The van der Waals surface area contributed by atoms with E-state index in [9.17, 15) is 5.11 Å². The number of halogens is 1. The van der Waals surface area contributed by atoms with Crippen LogP contribution < -0.4 is 15.5 Å². The fraction of sp³-hybridized carbons (Fsp3) is 0.650. The van der Waals surface area contributed by atoms with Crippen molar-refractivity contribution in [1.29, 1.82) is 0 Å². The van der Waals surface area contributed by atoms with Gasteiger partial charge in [0, 0.05) is 31.4 Å². The normalized spacial score (nSPS) is 23.5. The average Bonchev–Trinajstić information content (AvgIpc) is 2.69. The van der Waals surface area contributed by atoms with Gasteiger partial charge in [-0.25, -0.2) is 4.99 Å². The Labute approximate surface area is 179 Å². The molecule has 7 heteroatoms. The Balaban J connectivity index is 0.00000261. The molecule has 1 saturated heterocycles. The third-order valence-corrected chi connectivity index (χ3v) is 5.11. The minimum atomic E-state index is -0.127.